The average molecular weight is 836 g/mol. The highest BCUT2D eigenvalue weighted by Gasteiger charge is 2.34. The molecule has 0 unspecified atom stereocenters. The standard InChI is InChI=1S/C32H64N6O9.C7H13NO.2CH4/c1-4-32(23-45-29(40)36-20-14-8-5-11-17-33-26-39,24-46-30(41)37-21-15-9-6-12-18-34-27-43-2)25-47-31(42)38-22-16-10-7-13-19-35-28-44-3;1-8-6-4-2-3-5-7(8)9;;/h26,34-35H,4-25,27-28H2,1-3H3,(H,33,39)(H,36,40)(H,37,41)(H,38,42);2-6H2,1H3;2*1H4. The van der Waals surface area contributed by atoms with E-state index in [0.717, 1.165) is 110 Å². The van der Waals surface area contributed by atoms with E-state index in [1.165, 1.54) is 12.8 Å². The third-order valence-electron chi connectivity index (χ3n) is 9.28. The Bertz CT molecular complexity index is 959. The lowest BCUT2D eigenvalue weighted by Crippen LogP contribution is -2.42. The van der Waals surface area contributed by atoms with Crippen LogP contribution in [-0.2, 0) is 33.3 Å². The molecule has 0 radical (unpaired) electrons. The normalized spacial score (nSPS) is 12.3. The number of likely N-dealkylation sites (tertiary alicyclic amines) is 1. The first-order chi connectivity index (χ1) is 27.2. The fourth-order valence-corrected chi connectivity index (χ4v) is 5.50. The van der Waals surface area contributed by atoms with Crippen LogP contribution in [0.15, 0.2) is 0 Å². The SMILES string of the molecule is C.C.CCC(COC(=O)NCCCCCCNC=O)(COC(=O)NCCCCCCNCOC)COC(=O)NCCCCCCNCOC.CN1CCCCCC1=O. The van der Waals surface area contributed by atoms with Crippen molar-refractivity contribution in [1.29, 1.82) is 0 Å². The number of carbonyl (C=O) groups is 5. The summed E-state index contributed by atoms with van der Waals surface area (Å²) in [5, 5.41) is 17.2. The van der Waals surface area contributed by atoms with Gasteiger partial charge < -0.3 is 49.9 Å². The molecule has 1 rings (SSSR count). The molecule has 58 heavy (non-hydrogen) atoms. The van der Waals surface area contributed by atoms with Gasteiger partial charge in [0, 0.05) is 60.4 Å². The van der Waals surface area contributed by atoms with Crippen molar-refractivity contribution in [3.05, 3.63) is 0 Å². The number of alkyl carbamates (subject to hydrolysis) is 3. The fourth-order valence-electron chi connectivity index (χ4n) is 5.50. The number of hydrogen-bond donors (Lipinski definition) is 6. The molecule has 1 aliphatic heterocycles. The Morgan fingerprint density at radius 2 is 1.02 bits per heavy atom. The first-order valence-corrected chi connectivity index (χ1v) is 20.8. The predicted molar refractivity (Wildman–Crippen MR) is 230 cm³/mol. The van der Waals surface area contributed by atoms with Crippen LogP contribution in [0.5, 0.6) is 0 Å². The van der Waals surface area contributed by atoms with E-state index in [9.17, 15) is 24.0 Å². The molecule has 0 aromatic heterocycles. The van der Waals surface area contributed by atoms with E-state index in [1.807, 2.05) is 18.9 Å². The van der Waals surface area contributed by atoms with Crippen LogP contribution in [0, 0.1) is 5.41 Å². The lowest BCUT2D eigenvalue weighted by Gasteiger charge is -2.31. The Kier molecular flexibility index (Phi) is 43.8. The van der Waals surface area contributed by atoms with Gasteiger partial charge in [0.2, 0.25) is 12.3 Å². The van der Waals surface area contributed by atoms with Gasteiger partial charge in [0.25, 0.3) is 0 Å². The van der Waals surface area contributed by atoms with Gasteiger partial charge in [0.15, 0.2) is 0 Å². The molecule has 0 saturated carbocycles. The summed E-state index contributed by atoms with van der Waals surface area (Å²) >= 11 is 0. The van der Waals surface area contributed by atoms with E-state index < -0.39 is 23.7 Å². The lowest BCUT2D eigenvalue weighted by molar-refractivity contribution is -0.129. The van der Waals surface area contributed by atoms with Crippen molar-refractivity contribution in [1.82, 2.24) is 36.8 Å². The van der Waals surface area contributed by atoms with E-state index in [0.29, 0.717) is 58.4 Å². The summed E-state index contributed by atoms with van der Waals surface area (Å²) in [5.41, 5.74) is -0.915. The smallest absolute Gasteiger partial charge is 0.407 e. The summed E-state index contributed by atoms with van der Waals surface area (Å²) in [7, 11) is 5.18. The molecule has 0 aromatic rings. The van der Waals surface area contributed by atoms with E-state index in [4.69, 9.17) is 23.7 Å². The molecule has 6 N–H and O–H groups in total. The van der Waals surface area contributed by atoms with Gasteiger partial charge in [0.1, 0.15) is 19.8 Å². The minimum atomic E-state index is -0.915. The summed E-state index contributed by atoms with van der Waals surface area (Å²) in [6, 6.07) is 0. The predicted octanol–water partition coefficient (Wildman–Crippen LogP) is 5.67. The maximum Gasteiger partial charge on any atom is 0.407 e. The highest BCUT2D eigenvalue weighted by atomic mass is 16.6. The summed E-state index contributed by atoms with van der Waals surface area (Å²) in [5.74, 6) is 0.313. The van der Waals surface area contributed by atoms with Gasteiger partial charge in [0.05, 0.1) is 18.9 Å². The first kappa shape index (κ1) is 58.9. The number of unbranched alkanes of at least 4 members (excludes halogenated alkanes) is 9. The number of rotatable bonds is 33. The van der Waals surface area contributed by atoms with Crippen LogP contribution >= 0.6 is 0 Å². The molecule has 0 bridgehead atoms. The van der Waals surface area contributed by atoms with Crippen molar-refractivity contribution in [2.75, 3.05) is 100 Å². The van der Waals surface area contributed by atoms with Gasteiger partial charge in [-0.2, -0.15) is 0 Å². The molecule has 1 heterocycles. The van der Waals surface area contributed by atoms with Crippen LogP contribution in [0.4, 0.5) is 14.4 Å². The highest BCUT2D eigenvalue weighted by molar-refractivity contribution is 5.76. The van der Waals surface area contributed by atoms with Gasteiger partial charge in [-0.25, -0.2) is 14.4 Å². The maximum atomic E-state index is 12.4. The van der Waals surface area contributed by atoms with Gasteiger partial charge in [-0.15, -0.1) is 0 Å². The van der Waals surface area contributed by atoms with Crippen molar-refractivity contribution in [2.45, 2.75) is 131 Å². The Hall–Kier alpha value is -3.41. The molecular formula is C41H85N7O10. The second-order valence-corrected chi connectivity index (χ2v) is 14.2. The average Bonchev–Trinajstić information content (AvgIpc) is 3.39. The quantitative estimate of drug-likeness (QED) is 0.0205. The summed E-state index contributed by atoms with van der Waals surface area (Å²) in [6.45, 7) is 7.45. The molecule has 1 saturated heterocycles. The van der Waals surface area contributed by atoms with Gasteiger partial charge in [-0.05, 0) is 70.9 Å². The van der Waals surface area contributed by atoms with Gasteiger partial charge in [-0.1, -0.05) is 66.7 Å². The number of hydrogen-bond acceptors (Lipinski definition) is 12. The van der Waals surface area contributed by atoms with E-state index in [-0.39, 0.29) is 34.7 Å². The number of nitrogens with one attached hydrogen (secondary N) is 6. The zero-order chi connectivity index (χ0) is 41.4. The zero-order valence-electron chi connectivity index (χ0n) is 35.1. The topological polar surface area (TPSA) is 207 Å². The maximum absolute atomic E-state index is 12.4. The van der Waals surface area contributed by atoms with Crippen molar-refractivity contribution in [2.24, 2.45) is 5.41 Å². The van der Waals surface area contributed by atoms with Crippen molar-refractivity contribution in [3.63, 3.8) is 0 Å². The minimum Gasteiger partial charge on any atom is -0.449 e. The van der Waals surface area contributed by atoms with Crippen LogP contribution in [0.3, 0.4) is 0 Å². The number of methoxy groups -OCH3 is 2. The summed E-state index contributed by atoms with van der Waals surface area (Å²) < 4.78 is 26.4. The Morgan fingerprint density at radius 1 is 0.621 bits per heavy atom. The largest absolute Gasteiger partial charge is 0.449 e. The molecule has 1 aliphatic rings. The number of carbonyl (C=O) groups excluding carboxylic acids is 5. The molecule has 0 spiro atoms. The monoisotopic (exact) mass is 836 g/mol. The molecule has 0 aliphatic carbocycles. The molecule has 344 valence electrons. The van der Waals surface area contributed by atoms with Crippen molar-refractivity contribution < 1.29 is 47.7 Å². The van der Waals surface area contributed by atoms with Crippen LogP contribution in [0.2, 0.25) is 0 Å². The highest BCUT2D eigenvalue weighted by Crippen LogP contribution is 2.24. The van der Waals surface area contributed by atoms with Crippen LogP contribution < -0.4 is 31.9 Å². The lowest BCUT2D eigenvalue weighted by atomic mass is 9.88. The van der Waals surface area contributed by atoms with Gasteiger partial charge in [-0.3, -0.25) is 20.2 Å². The van der Waals surface area contributed by atoms with Crippen LogP contribution in [0.1, 0.15) is 131 Å². The van der Waals surface area contributed by atoms with Crippen molar-refractivity contribution >= 4 is 30.6 Å². The number of amides is 5. The van der Waals surface area contributed by atoms with E-state index in [2.05, 4.69) is 31.9 Å². The Labute approximate surface area is 351 Å². The molecule has 17 nitrogen and oxygen atoms in total. The second kappa shape index (κ2) is 43.2. The number of nitrogens with zero attached hydrogens (tertiary/aromatic N) is 1. The Morgan fingerprint density at radius 3 is 1.40 bits per heavy atom. The summed E-state index contributed by atoms with van der Waals surface area (Å²) in [6.07, 6.45) is 14.9. The number of ether oxygens (including phenoxy) is 5. The second-order valence-electron chi connectivity index (χ2n) is 14.2. The minimum absolute atomic E-state index is 0. The van der Waals surface area contributed by atoms with Crippen LogP contribution in [0.25, 0.3) is 0 Å². The Balaban J connectivity index is -0.00000240. The van der Waals surface area contributed by atoms with Crippen LogP contribution in [-0.4, -0.2) is 136 Å². The first-order valence-electron chi connectivity index (χ1n) is 20.8. The molecule has 0 aromatic carbocycles. The molecule has 5 amide bonds. The third kappa shape index (κ3) is 36.9. The summed E-state index contributed by atoms with van der Waals surface area (Å²) in [4.78, 5) is 60.4. The van der Waals surface area contributed by atoms with Gasteiger partial charge >= 0.3 is 18.3 Å². The fraction of sp³-hybridized carbons (Fsp3) is 0.878. The molecule has 0 atom stereocenters. The molecule has 1 fully saturated rings. The molecular weight excluding hydrogens is 750 g/mol. The zero-order valence-corrected chi connectivity index (χ0v) is 35.1. The van der Waals surface area contributed by atoms with Crippen molar-refractivity contribution in [3.8, 4) is 0 Å². The van der Waals surface area contributed by atoms with E-state index in [1.54, 1.807) is 14.2 Å². The van der Waals surface area contributed by atoms with E-state index >= 15 is 0 Å². The third-order valence-corrected chi connectivity index (χ3v) is 9.28. The molecule has 17 heteroatoms.